The van der Waals surface area contributed by atoms with Gasteiger partial charge in [-0.2, -0.15) is 0 Å². The molecule has 6 nitrogen and oxygen atoms in total. The number of nitrogens with one attached hydrogen (secondary N) is 1. The summed E-state index contributed by atoms with van der Waals surface area (Å²) in [5.74, 6) is 1.23. The van der Waals surface area contributed by atoms with Crippen LogP contribution in [-0.4, -0.2) is 30.1 Å². The second-order valence-corrected chi connectivity index (χ2v) is 7.42. The minimum absolute atomic E-state index is 0.0156. The summed E-state index contributed by atoms with van der Waals surface area (Å²) in [7, 11) is 0. The van der Waals surface area contributed by atoms with Gasteiger partial charge in [-0.15, -0.1) is 0 Å². The Labute approximate surface area is 173 Å². The number of quaternary nitrogens is 1. The van der Waals surface area contributed by atoms with E-state index in [1.807, 2.05) is 49.5 Å². The number of hydrogen-bond acceptors (Lipinski definition) is 4. The molecule has 156 valence electrons. The number of hydrogen-bond donors (Lipinski definition) is 2. The number of ether oxygens (including phenoxy) is 2. The van der Waals surface area contributed by atoms with Crippen LogP contribution in [0.5, 0.6) is 11.5 Å². The number of amides is 1. The van der Waals surface area contributed by atoms with Gasteiger partial charge in [0, 0.05) is 17.8 Å². The van der Waals surface area contributed by atoms with Gasteiger partial charge in [0.2, 0.25) is 0 Å². The molecule has 1 saturated carbocycles. The Hall–Kier alpha value is -2.60. The highest BCUT2D eigenvalue weighted by Gasteiger charge is 2.16. The minimum atomic E-state index is -0.0629. The number of carbonyl (C=O) groups excluding carboxylic acids is 1. The summed E-state index contributed by atoms with van der Waals surface area (Å²) >= 11 is 0. The highest BCUT2D eigenvalue weighted by Crippen LogP contribution is 2.28. The lowest BCUT2D eigenvalue weighted by Crippen LogP contribution is -2.80. The molecule has 0 radical (unpaired) electrons. The molecule has 0 spiro atoms. The lowest BCUT2D eigenvalue weighted by Gasteiger charge is -2.22. The molecule has 0 bridgehead atoms. The molecular weight excluding hydrogens is 366 g/mol. The van der Waals surface area contributed by atoms with Crippen molar-refractivity contribution in [2.45, 2.75) is 58.2 Å². The average molecular weight is 399 g/mol. The Morgan fingerprint density at radius 2 is 1.97 bits per heavy atom. The number of carbonyl (C=O) groups is 1. The molecule has 1 amide bonds. The van der Waals surface area contributed by atoms with Crippen LogP contribution in [0, 0.1) is 0 Å². The molecule has 1 heterocycles. The van der Waals surface area contributed by atoms with Gasteiger partial charge in [-0.05, 0) is 50.1 Å². The van der Waals surface area contributed by atoms with Crippen LogP contribution in [0.25, 0.3) is 0 Å². The van der Waals surface area contributed by atoms with Crippen molar-refractivity contribution < 1.29 is 19.6 Å². The fourth-order valence-corrected chi connectivity index (χ4v) is 3.63. The van der Waals surface area contributed by atoms with Crippen LogP contribution >= 0.6 is 0 Å². The van der Waals surface area contributed by atoms with Crippen LogP contribution in [0.4, 0.5) is 0 Å². The van der Waals surface area contributed by atoms with Crippen molar-refractivity contribution in [2.24, 2.45) is 0 Å². The molecule has 1 fully saturated rings. The third-order valence-corrected chi connectivity index (χ3v) is 5.10. The van der Waals surface area contributed by atoms with E-state index in [0.29, 0.717) is 24.1 Å². The molecule has 1 aromatic carbocycles. The Balaban J connectivity index is 1.50. The van der Waals surface area contributed by atoms with Gasteiger partial charge >= 0.3 is 0 Å². The first-order chi connectivity index (χ1) is 14.2. The fourth-order valence-electron chi connectivity index (χ4n) is 3.63. The smallest absolute Gasteiger partial charge is 0.258 e. The topological polar surface area (TPSA) is 77.1 Å². The molecule has 1 aliphatic carbocycles. The second kappa shape index (κ2) is 11.4. The number of rotatable bonds is 10. The van der Waals surface area contributed by atoms with Gasteiger partial charge in [0.05, 0.1) is 12.3 Å². The zero-order valence-corrected chi connectivity index (χ0v) is 17.2. The normalized spacial score (nSPS) is 14.4. The Kier molecular flexibility index (Phi) is 8.31. The van der Waals surface area contributed by atoms with E-state index in [-0.39, 0.29) is 12.5 Å². The molecule has 2 aromatic rings. The standard InChI is InChI=1S/C23H31N3O3/c1-2-28-22-14-18(15-24-16-20-10-6-7-13-25-20)11-12-21(22)29-17-23(27)26-19-8-4-3-5-9-19/h6-7,10-14,19,24H,2-5,8-9,15-17H2,1H3,(H,26,27)/p+1. The Morgan fingerprint density at radius 3 is 2.72 bits per heavy atom. The van der Waals surface area contributed by atoms with Crippen LogP contribution in [0.3, 0.4) is 0 Å². The highest BCUT2D eigenvalue weighted by molar-refractivity contribution is 5.78. The van der Waals surface area contributed by atoms with E-state index in [2.05, 4.69) is 15.6 Å². The molecule has 0 atom stereocenters. The molecule has 29 heavy (non-hydrogen) atoms. The van der Waals surface area contributed by atoms with Gasteiger partial charge in [0.25, 0.3) is 5.91 Å². The maximum Gasteiger partial charge on any atom is 0.258 e. The summed E-state index contributed by atoms with van der Waals surface area (Å²) in [6, 6.07) is 12.1. The third-order valence-electron chi connectivity index (χ3n) is 5.10. The molecule has 0 unspecified atom stereocenters. The van der Waals surface area contributed by atoms with E-state index in [1.54, 1.807) is 0 Å². The summed E-state index contributed by atoms with van der Waals surface area (Å²) < 4.78 is 11.5. The van der Waals surface area contributed by atoms with Crippen molar-refractivity contribution in [3.05, 3.63) is 53.9 Å². The van der Waals surface area contributed by atoms with Gasteiger partial charge < -0.3 is 20.1 Å². The number of nitrogens with two attached hydrogens (primary N) is 1. The van der Waals surface area contributed by atoms with Crippen molar-refractivity contribution in [1.82, 2.24) is 10.3 Å². The monoisotopic (exact) mass is 398 g/mol. The maximum atomic E-state index is 12.2. The summed E-state index contributed by atoms with van der Waals surface area (Å²) in [6.07, 6.45) is 7.61. The van der Waals surface area contributed by atoms with Crippen LogP contribution in [-0.2, 0) is 17.9 Å². The highest BCUT2D eigenvalue weighted by atomic mass is 16.5. The quantitative estimate of drug-likeness (QED) is 0.645. The molecular formula is C23H32N3O3+. The molecule has 0 aliphatic heterocycles. The number of benzene rings is 1. The molecule has 6 heteroatoms. The Bertz CT molecular complexity index is 761. The van der Waals surface area contributed by atoms with Crippen molar-refractivity contribution in [3.8, 4) is 11.5 Å². The summed E-state index contributed by atoms with van der Waals surface area (Å²) in [4.78, 5) is 16.5. The summed E-state index contributed by atoms with van der Waals surface area (Å²) in [5, 5.41) is 5.28. The first kappa shape index (κ1) is 21.1. The number of aromatic nitrogens is 1. The summed E-state index contributed by atoms with van der Waals surface area (Å²) in [5.41, 5.74) is 2.20. The lowest BCUT2D eigenvalue weighted by molar-refractivity contribution is -0.686. The first-order valence-corrected chi connectivity index (χ1v) is 10.6. The van der Waals surface area contributed by atoms with E-state index in [4.69, 9.17) is 9.47 Å². The van der Waals surface area contributed by atoms with Crippen molar-refractivity contribution >= 4 is 5.91 Å². The van der Waals surface area contributed by atoms with Gasteiger partial charge in [0.1, 0.15) is 13.1 Å². The van der Waals surface area contributed by atoms with Gasteiger partial charge in [-0.25, -0.2) is 0 Å². The minimum Gasteiger partial charge on any atom is -0.490 e. The average Bonchev–Trinajstić information content (AvgIpc) is 2.75. The van der Waals surface area contributed by atoms with Crippen LogP contribution in [0.15, 0.2) is 42.6 Å². The van der Waals surface area contributed by atoms with Gasteiger partial charge in [-0.3, -0.25) is 9.78 Å². The van der Waals surface area contributed by atoms with Gasteiger partial charge in [0.15, 0.2) is 18.1 Å². The van der Waals surface area contributed by atoms with Gasteiger partial charge in [-0.1, -0.05) is 25.3 Å². The molecule has 1 aliphatic rings. The van der Waals surface area contributed by atoms with Crippen LogP contribution in [0.2, 0.25) is 0 Å². The third kappa shape index (κ3) is 7.06. The molecule has 1 aromatic heterocycles. The molecule has 3 N–H and O–H groups in total. The largest absolute Gasteiger partial charge is 0.490 e. The predicted molar refractivity (Wildman–Crippen MR) is 112 cm³/mol. The first-order valence-electron chi connectivity index (χ1n) is 10.6. The zero-order valence-electron chi connectivity index (χ0n) is 17.2. The SMILES string of the molecule is CCOc1cc(C[NH2+]Cc2ccccn2)ccc1OCC(=O)NC1CCCCC1. The predicted octanol–water partition coefficient (Wildman–Crippen LogP) is 2.57. The Morgan fingerprint density at radius 1 is 1.10 bits per heavy atom. The van der Waals surface area contributed by atoms with E-state index in [1.165, 1.54) is 19.3 Å². The summed E-state index contributed by atoms with van der Waals surface area (Å²) in [6.45, 7) is 4.15. The van der Waals surface area contributed by atoms with E-state index < -0.39 is 0 Å². The van der Waals surface area contributed by atoms with E-state index in [9.17, 15) is 4.79 Å². The van der Waals surface area contributed by atoms with E-state index in [0.717, 1.165) is 37.2 Å². The molecule has 0 saturated heterocycles. The number of nitrogens with zero attached hydrogens (tertiary/aromatic N) is 1. The zero-order chi connectivity index (χ0) is 20.3. The van der Waals surface area contributed by atoms with Crippen molar-refractivity contribution in [1.29, 1.82) is 0 Å². The maximum absolute atomic E-state index is 12.2. The van der Waals surface area contributed by atoms with Crippen LogP contribution in [0.1, 0.15) is 50.3 Å². The van der Waals surface area contributed by atoms with Crippen LogP contribution < -0.4 is 20.1 Å². The van der Waals surface area contributed by atoms with E-state index >= 15 is 0 Å². The lowest BCUT2D eigenvalue weighted by atomic mass is 9.95. The molecule has 3 rings (SSSR count). The number of pyridine rings is 1. The van der Waals surface area contributed by atoms with Crippen molar-refractivity contribution in [2.75, 3.05) is 13.2 Å². The second-order valence-electron chi connectivity index (χ2n) is 7.42. The van der Waals surface area contributed by atoms with Crippen molar-refractivity contribution in [3.63, 3.8) is 0 Å². The fraction of sp³-hybridized carbons (Fsp3) is 0.478.